The van der Waals surface area contributed by atoms with Crippen molar-refractivity contribution in [3.8, 4) is 0 Å². The van der Waals surface area contributed by atoms with E-state index in [9.17, 15) is 4.79 Å². The number of guanidine groups is 1. The molecule has 0 aromatic carbocycles. The number of nitrogens with one attached hydrogen (secondary N) is 2. The summed E-state index contributed by atoms with van der Waals surface area (Å²) in [6.07, 6.45) is 8.37. The van der Waals surface area contributed by atoms with E-state index in [0.29, 0.717) is 18.9 Å². The number of furan rings is 1. The van der Waals surface area contributed by atoms with Crippen LogP contribution in [0.2, 0.25) is 0 Å². The van der Waals surface area contributed by atoms with Crippen molar-refractivity contribution < 1.29 is 9.21 Å². The van der Waals surface area contributed by atoms with Gasteiger partial charge in [-0.3, -0.25) is 14.7 Å². The van der Waals surface area contributed by atoms with E-state index in [2.05, 4.69) is 33.5 Å². The zero-order chi connectivity index (χ0) is 20.5. The summed E-state index contributed by atoms with van der Waals surface area (Å²) in [7, 11) is 1.77. The van der Waals surface area contributed by atoms with Gasteiger partial charge in [0.15, 0.2) is 5.96 Å². The van der Waals surface area contributed by atoms with E-state index in [1.807, 2.05) is 11.0 Å². The van der Waals surface area contributed by atoms with Crippen molar-refractivity contribution in [1.82, 2.24) is 20.4 Å². The van der Waals surface area contributed by atoms with Gasteiger partial charge in [-0.25, -0.2) is 0 Å². The SMILES string of the molecule is CN=C(NCCC(=O)N1CCCC(C)C1)NCC(c1ccco1)N1CCCCC1.I. The fourth-order valence-electron chi connectivity index (χ4n) is 4.40. The number of halogens is 1. The minimum Gasteiger partial charge on any atom is -0.468 e. The van der Waals surface area contributed by atoms with Crippen LogP contribution in [-0.4, -0.2) is 68.0 Å². The van der Waals surface area contributed by atoms with Crippen molar-refractivity contribution in [2.45, 2.75) is 51.5 Å². The molecule has 3 heterocycles. The van der Waals surface area contributed by atoms with Crippen LogP contribution in [-0.2, 0) is 4.79 Å². The standard InChI is InChI=1S/C22H37N5O2.HI/c1-18-8-6-14-27(17-18)21(28)10-11-24-22(23-2)25-16-19(20-9-7-15-29-20)26-12-4-3-5-13-26;/h7,9,15,18-19H,3-6,8,10-14,16-17H2,1-2H3,(H2,23,24,25);1H. The van der Waals surface area contributed by atoms with Gasteiger partial charge in [0.25, 0.3) is 0 Å². The first-order valence-electron chi connectivity index (χ1n) is 11.2. The molecule has 0 spiro atoms. The summed E-state index contributed by atoms with van der Waals surface area (Å²) in [4.78, 5) is 21.3. The summed E-state index contributed by atoms with van der Waals surface area (Å²) in [6, 6.07) is 4.20. The molecule has 1 aromatic heterocycles. The molecule has 2 atom stereocenters. The van der Waals surface area contributed by atoms with Gasteiger partial charge in [0.2, 0.25) is 5.91 Å². The van der Waals surface area contributed by atoms with Gasteiger partial charge < -0.3 is 20.0 Å². The molecule has 0 bridgehead atoms. The highest BCUT2D eigenvalue weighted by molar-refractivity contribution is 14.0. The van der Waals surface area contributed by atoms with E-state index >= 15 is 0 Å². The normalized spacial score (nSPS) is 21.6. The molecule has 7 nitrogen and oxygen atoms in total. The van der Waals surface area contributed by atoms with Gasteiger partial charge in [-0.2, -0.15) is 0 Å². The van der Waals surface area contributed by atoms with E-state index in [4.69, 9.17) is 4.42 Å². The third-order valence-corrected chi connectivity index (χ3v) is 6.03. The van der Waals surface area contributed by atoms with Gasteiger partial charge in [-0.1, -0.05) is 13.3 Å². The maximum absolute atomic E-state index is 12.4. The zero-order valence-electron chi connectivity index (χ0n) is 18.4. The molecule has 1 aromatic rings. The van der Waals surface area contributed by atoms with E-state index in [1.165, 1.54) is 25.7 Å². The molecule has 2 unspecified atom stereocenters. The number of hydrogen-bond donors (Lipinski definition) is 2. The number of amides is 1. The van der Waals surface area contributed by atoms with Gasteiger partial charge in [-0.05, 0) is 56.8 Å². The third-order valence-electron chi connectivity index (χ3n) is 6.03. The smallest absolute Gasteiger partial charge is 0.224 e. The fourth-order valence-corrected chi connectivity index (χ4v) is 4.40. The highest BCUT2D eigenvalue weighted by atomic mass is 127. The van der Waals surface area contributed by atoms with Crippen molar-refractivity contribution in [2.24, 2.45) is 10.9 Å². The molecule has 3 rings (SSSR count). The molecule has 2 saturated heterocycles. The molecule has 1 amide bonds. The quantitative estimate of drug-likeness (QED) is 0.321. The lowest BCUT2D eigenvalue weighted by atomic mass is 10.00. The monoisotopic (exact) mass is 531 g/mol. The molecule has 2 fully saturated rings. The van der Waals surface area contributed by atoms with E-state index in [0.717, 1.165) is 50.9 Å². The Morgan fingerprint density at radius 3 is 2.70 bits per heavy atom. The largest absolute Gasteiger partial charge is 0.468 e. The average molecular weight is 531 g/mol. The maximum Gasteiger partial charge on any atom is 0.224 e. The van der Waals surface area contributed by atoms with E-state index in [-0.39, 0.29) is 35.9 Å². The molecule has 0 aliphatic carbocycles. The van der Waals surface area contributed by atoms with Crippen molar-refractivity contribution >= 4 is 35.8 Å². The maximum atomic E-state index is 12.4. The van der Waals surface area contributed by atoms with Crippen molar-refractivity contribution in [3.05, 3.63) is 24.2 Å². The summed E-state index contributed by atoms with van der Waals surface area (Å²) in [6.45, 7) is 7.54. The van der Waals surface area contributed by atoms with Crippen LogP contribution < -0.4 is 10.6 Å². The van der Waals surface area contributed by atoms with Gasteiger partial charge >= 0.3 is 0 Å². The number of hydrogen-bond acceptors (Lipinski definition) is 4. The molecule has 2 aliphatic heterocycles. The van der Waals surface area contributed by atoms with Crippen LogP contribution in [0.5, 0.6) is 0 Å². The molecule has 0 saturated carbocycles. The molecular formula is C22H38IN5O2. The number of aliphatic imine (C=N–C) groups is 1. The van der Waals surface area contributed by atoms with Crippen molar-refractivity contribution in [3.63, 3.8) is 0 Å². The van der Waals surface area contributed by atoms with Crippen LogP contribution in [0.3, 0.4) is 0 Å². The van der Waals surface area contributed by atoms with Gasteiger partial charge in [0.1, 0.15) is 5.76 Å². The minimum absolute atomic E-state index is 0. The number of carbonyl (C=O) groups is 1. The molecule has 30 heavy (non-hydrogen) atoms. The lowest BCUT2D eigenvalue weighted by molar-refractivity contribution is -0.132. The van der Waals surface area contributed by atoms with Crippen molar-refractivity contribution in [1.29, 1.82) is 0 Å². The molecule has 2 N–H and O–H groups in total. The Balaban J connectivity index is 0.00000320. The Morgan fingerprint density at radius 1 is 1.23 bits per heavy atom. The first kappa shape index (κ1) is 25.0. The second-order valence-electron chi connectivity index (χ2n) is 8.34. The van der Waals surface area contributed by atoms with Crippen LogP contribution in [0.15, 0.2) is 27.8 Å². The number of nitrogens with zero attached hydrogens (tertiary/aromatic N) is 3. The highest BCUT2D eigenvalue weighted by Crippen LogP contribution is 2.24. The van der Waals surface area contributed by atoms with E-state index < -0.39 is 0 Å². The molecule has 170 valence electrons. The molecule has 2 aliphatic rings. The number of piperidine rings is 2. The predicted octanol–water partition coefficient (Wildman–Crippen LogP) is 3.24. The Hall–Kier alpha value is -1.29. The van der Waals surface area contributed by atoms with Gasteiger partial charge in [0.05, 0.1) is 12.3 Å². The second-order valence-corrected chi connectivity index (χ2v) is 8.34. The lowest BCUT2D eigenvalue weighted by Gasteiger charge is -2.33. The van der Waals surface area contributed by atoms with Gasteiger partial charge in [-0.15, -0.1) is 24.0 Å². The predicted molar refractivity (Wildman–Crippen MR) is 131 cm³/mol. The number of carbonyl (C=O) groups excluding carboxylic acids is 1. The van der Waals surface area contributed by atoms with Crippen molar-refractivity contribution in [2.75, 3.05) is 46.3 Å². The molecule has 8 heteroatoms. The van der Waals surface area contributed by atoms with Crippen LogP contribution in [0, 0.1) is 5.92 Å². The first-order chi connectivity index (χ1) is 14.2. The first-order valence-corrected chi connectivity index (χ1v) is 11.2. The van der Waals surface area contributed by atoms with Crippen LogP contribution >= 0.6 is 24.0 Å². The van der Waals surface area contributed by atoms with Crippen LogP contribution in [0.4, 0.5) is 0 Å². The van der Waals surface area contributed by atoms with Gasteiger partial charge in [0, 0.05) is 39.6 Å². The number of rotatable bonds is 7. The number of likely N-dealkylation sites (tertiary alicyclic amines) is 2. The second kappa shape index (κ2) is 13.2. The highest BCUT2D eigenvalue weighted by Gasteiger charge is 2.25. The Bertz CT molecular complexity index is 646. The summed E-state index contributed by atoms with van der Waals surface area (Å²) in [5.74, 6) is 2.58. The minimum atomic E-state index is 0. The Morgan fingerprint density at radius 2 is 2.03 bits per heavy atom. The molecular weight excluding hydrogens is 493 g/mol. The summed E-state index contributed by atoms with van der Waals surface area (Å²) < 4.78 is 5.71. The Kier molecular flexibility index (Phi) is 11.0. The summed E-state index contributed by atoms with van der Waals surface area (Å²) >= 11 is 0. The summed E-state index contributed by atoms with van der Waals surface area (Å²) in [5, 5.41) is 6.72. The van der Waals surface area contributed by atoms with Crippen LogP contribution in [0.25, 0.3) is 0 Å². The third kappa shape index (κ3) is 7.44. The van der Waals surface area contributed by atoms with Crippen LogP contribution in [0.1, 0.15) is 57.3 Å². The average Bonchev–Trinajstić information content (AvgIpc) is 3.28. The van der Waals surface area contributed by atoms with E-state index in [1.54, 1.807) is 13.3 Å². The lowest BCUT2D eigenvalue weighted by Crippen LogP contribution is -2.45. The molecule has 0 radical (unpaired) electrons. The summed E-state index contributed by atoms with van der Waals surface area (Å²) in [5.41, 5.74) is 0. The zero-order valence-corrected chi connectivity index (χ0v) is 20.8. The topological polar surface area (TPSA) is 73.1 Å². The fraction of sp³-hybridized carbons (Fsp3) is 0.727. The Labute approximate surface area is 198 Å².